The molecule has 8 heteroatoms. The lowest BCUT2D eigenvalue weighted by atomic mass is 9.90. The molecular formula is C25H21NO5S2. The lowest BCUT2D eigenvalue weighted by Gasteiger charge is -2.16. The van der Waals surface area contributed by atoms with Gasteiger partial charge in [0.25, 0.3) is 5.91 Å². The molecule has 168 valence electrons. The number of sulfone groups is 1. The number of carbonyl (C=O) groups excluding carboxylic acids is 1. The van der Waals surface area contributed by atoms with Crippen molar-refractivity contribution in [2.45, 2.75) is 23.7 Å². The SMILES string of the molecule is CS(=O)(=O)c1ccccc1-c1cccc2c1CC[C@@H]2c1ccc(C2=CC(=O)NS2=O)c(O)c1. The molecule has 0 saturated heterocycles. The zero-order chi connectivity index (χ0) is 23.3. The summed E-state index contributed by atoms with van der Waals surface area (Å²) in [7, 11) is -5.06. The summed E-state index contributed by atoms with van der Waals surface area (Å²) in [5.41, 5.74) is 5.09. The minimum Gasteiger partial charge on any atom is -0.507 e. The fourth-order valence-electron chi connectivity index (χ4n) is 4.77. The lowest BCUT2D eigenvalue weighted by molar-refractivity contribution is -0.114. The van der Waals surface area contributed by atoms with Gasteiger partial charge in [0.05, 0.1) is 9.80 Å². The summed E-state index contributed by atoms with van der Waals surface area (Å²) in [4.78, 5) is 12.1. The Morgan fingerprint density at radius 1 is 1.00 bits per heavy atom. The molecule has 1 amide bonds. The standard InChI is InChI=1S/C25H21NO5S2/c1-33(30,31)24-8-3-2-5-20(24)18-7-4-6-17-16(11-12-19(17)18)15-9-10-21(22(27)13-15)23-14-25(28)26-32(23)29/h2-10,13-14,16,27H,11-12H2,1H3,(H,26,28)/t16-,32?/m1/s1. The summed E-state index contributed by atoms with van der Waals surface area (Å²) < 4.78 is 39.1. The Morgan fingerprint density at radius 2 is 1.76 bits per heavy atom. The molecule has 0 spiro atoms. The molecule has 2 aliphatic rings. The maximum Gasteiger partial charge on any atom is 0.257 e. The maximum absolute atomic E-state index is 12.4. The van der Waals surface area contributed by atoms with Crippen LogP contribution in [-0.4, -0.2) is 29.9 Å². The van der Waals surface area contributed by atoms with Crippen molar-refractivity contribution in [3.8, 4) is 16.9 Å². The number of nitrogens with one attached hydrogen (secondary N) is 1. The Hall–Kier alpha value is -3.23. The minimum absolute atomic E-state index is 0.0318. The van der Waals surface area contributed by atoms with Gasteiger partial charge in [0.15, 0.2) is 20.8 Å². The van der Waals surface area contributed by atoms with Gasteiger partial charge in [-0.15, -0.1) is 0 Å². The third kappa shape index (κ3) is 3.79. The second kappa shape index (κ2) is 7.97. The summed E-state index contributed by atoms with van der Waals surface area (Å²) in [6.07, 6.45) is 4.06. The minimum atomic E-state index is -3.38. The molecule has 2 N–H and O–H groups in total. The first-order chi connectivity index (χ1) is 15.7. The van der Waals surface area contributed by atoms with Crippen LogP contribution in [0.5, 0.6) is 5.75 Å². The molecule has 0 saturated carbocycles. The number of amides is 1. The Labute approximate surface area is 194 Å². The first kappa shape index (κ1) is 21.6. The number of hydrogen-bond acceptors (Lipinski definition) is 5. The number of fused-ring (bicyclic) bond motifs is 1. The van der Waals surface area contributed by atoms with Crippen LogP contribution in [0.1, 0.15) is 34.6 Å². The van der Waals surface area contributed by atoms with Crippen molar-refractivity contribution in [3.05, 3.63) is 89.0 Å². The van der Waals surface area contributed by atoms with Crippen molar-refractivity contribution >= 4 is 31.6 Å². The van der Waals surface area contributed by atoms with Crippen molar-refractivity contribution in [2.24, 2.45) is 0 Å². The van der Waals surface area contributed by atoms with Gasteiger partial charge in [-0.05, 0) is 53.3 Å². The quantitative estimate of drug-likeness (QED) is 0.595. The van der Waals surface area contributed by atoms with Crippen LogP contribution >= 0.6 is 0 Å². The number of hydrogen-bond donors (Lipinski definition) is 2. The van der Waals surface area contributed by atoms with Crippen LogP contribution in [0.4, 0.5) is 0 Å². The number of phenolic OH excluding ortho intramolecular Hbond substituents is 1. The van der Waals surface area contributed by atoms with Crippen molar-refractivity contribution in [1.29, 1.82) is 0 Å². The van der Waals surface area contributed by atoms with E-state index in [9.17, 15) is 22.5 Å². The van der Waals surface area contributed by atoms with Gasteiger partial charge in [-0.2, -0.15) is 0 Å². The molecule has 0 radical (unpaired) electrons. The molecule has 0 aromatic heterocycles. The van der Waals surface area contributed by atoms with Crippen LogP contribution in [0.3, 0.4) is 0 Å². The maximum atomic E-state index is 12.4. The van der Waals surface area contributed by atoms with Crippen LogP contribution in [0.25, 0.3) is 16.0 Å². The molecule has 3 aromatic carbocycles. The largest absolute Gasteiger partial charge is 0.507 e. The van der Waals surface area contributed by atoms with E-state index in [1.54, 1.807) is 24.3 Å². The van der Waals surface area contributed by atoms with E-state index in [0.29, 0.717) is 16.0 Å². The van der Waals surface area contributed by atoms with E-state index in [2.05, 4.69) is 4.72 Å². The Kier molecular flexibility index (Phi) is 5.22. The van der Waals surface area contributed by atoms with E-state index >= 15 is 0 Å². The van der Waals surface area contributed by atoms with Gasteiger partial charge in [0.1, 0.15) is 5.75 Å². The third-order valence-electron chi connectivity index (χ3n) is 6.19. The Balaban J connectivity index is 1.56. The molecule has 1 aliphatic heterocycles. The number of benzene rings is 3. The first-order valence-corrected chi connectivity index (χ1v) is 13.5. The number of rotatable bonds is 4. The van der Waals surface area contributed by atoms with E-state index in [1.807, 2.05) is 36.4 Å². The van der Waals surface area contributed by atoms with Crippen LogP contribution in [0.2, 0.25) is 0 Å². The smallest absolute Gasteiger partial charge is 0.257 e. The summed E-state index contributed by atoms with van der Waals surface area (Å²) in [6.45, 7) is 0. The molecule has 6 nitrogen and oxygen atoms in total. The fourth-order valence-corrected chi connectivity index (χ4v) is 6.61. The lowest BCUT2D eigenvalue weighted by Crippen LogP contribution is -2.16. The average molecular weight is 480 g/mol. The van der Waals surface area contributed by atoms with Gasteiger partial charge >= 0.3 is 0 Å². The van der Waals surface area contributed by atoms with E-state index < -0.39 is 26.7 Å². The third-order valence-corrected chi connectivity index (χ3v) is 8.47. The zero-order valence-electron chi connectivity index (χ0n) is 17.7. The number of aromatic hydroxyl groups is 1. The summed E-state index contributed by atoms with van der Waals surface area (Å²) in [6, 6.07) is 18.2. The fraction of sp³-hybridized carbons (Fsp3) is 0.160. The van der Waals surface area contributed by atoms with Gasteiger partial charge in [0, 0.05) is 29.4 Å². The highest BCUT2D eigenvalue weighted by Gasteiger charge is 2.29. The van der Waals surface area contributed by atoms with Crippen molar-refractivity contribution in [2.75, 3.05) is 6.26 Å². The van der Waals surface area contributed by atoms with E-state index in [0.717, 1.165) is 35.1 Å². The van der Waals surface area contributed by atoms with Crippen LogP contribution in [0, 0.1) is 0 Å². The summed E-state index contributed by atoms with van der Waals surface area (Å²) in [5.74, 6) is -0.442. The molecule has 1 heterocycles. The number of phenols is 1. The molecule has 0 bridgehead atoms. The molecule has 1 unspecified atom stereocenters. The molecule has 5 rings (SSSR count). The molecule has 33 heavy (non-hydrogen) atoms. The topological polar surface area (TPSA) is 101 Å². The highest BCUT2D eigenvalue weighted by Crippen LogP contribution is 2.44. The highest BCUT2D eigenvalue weighted by atomic mass is 32.2. The second-order valence-electron chi connectivity index (χ2n) is 8.25. The van der Waals surface area contributed by atoms with Crippen molar-refractivity contribution < 1.29 is 22.5 Å². The average Bonchev–Trinajstić information content (AvgIpc) is 3.35. The van der Waals surface area contributed by atoms with Crippen LogP contribution < -0.4 is 4.72 Å². The van der Waals surface area contributed by atoms with Gasteiger partial charge in [0.2, 0.25) is 0 Å². The van der Waals surface area contributed by atoms with E-state index in [4.69, 9.17) is 0 Å². The highest BCUT2D eigenvalue weighted by molar-refractivity contribution is 7.94. The Bertz CT molecular complexity index is 1470. The predicted octanol–water partition coefficient (Wildman–Crippen LogP) is 3.68. The normalized spacial score (nSPS) is 19.8. The van der Waals surface area contributed by atoms with Gasteiger partial charge in [-0.1, -0.05) is 42.5 Å². The molecule has 1 aliphatic carbocycles. The monoisotopic (exact) mass is 479 g/mol. The summed E-state index contributed by atoms with van der Waals surface area (Å²) >= 11 is 0. The van der Waals surface area contributed by atoms with Crippen LogP contribution in [-0.2, 0) is 32.0 Å². The second-order valence-corrected chi connectivity index (χ2v) is 11.4. The zero-order valence-corrected chi connectivity index (χ0v) is 19.4. The van der Waals surface area contributed by atoms with Crippen molar-refractivity contribution in [1.82, 2.24) is 4.72 Å². The van der Waals surface area contributed by atoms with Gasteiger partial charge < -0.3 is 5.11 Å². The van der Waals surface area contributed by atoms with Gasteiger partial charge in [-0.25, -0.2) is 12.6 Å². The molecular weight excluding hydrogens is 458 g/mol. The molecule has 0 fully saturated rings. The van der Waals surface area contributed by atoms with E-state index in [-0.39, 0.29) is 16.6 Å². The Morgan fingerprint density at radius 3 is 2.45 bits per heavy atom. The predicted molar refractivity (Wildman–Crippen MR) is 128 cm³/mol. The number of carbonyl (C=O) groups is 1. The van der Waals surface area contributed by atoms with Crippen LogP contribution in [0.15, 0.2) is 71.6 Å². The summed E-state index contributed by atoms with van der Waals surface area (Å²) in [5, 5.41) is 10.6. The van der Waals surface area contributed by atoms with E-state index in [1.165, 1.54) is 12.3 Å². The molecule has 2 atom stereocenters. The van der Waals surface area contributed by atoms with Crippen molar-refractivity contribution in [3.63, 3.8) is 0 Å². The van der Waals surface area contributed by atoms with Gasteiger partial charge in [-0.3, -0.25) is 9.52 Å². The first-order valence-electron chi connectivity index (χ1n) is 10.4. The molecule has 3 aromatic rings.